The Morgan fingerprint density at radius 3 is 2.50 bits per heavy atom. The van der Waals surface area contributed by atoms with Crippen LogP contribution in [-0.2, 0) is 6.18 Å². The van der Waals surface area contributed by atoms with Gasteiger partial charge in [-0.25, -0.2) is 9.97 Å². The number of hydrogen-bond donors (Lipinski definition) is 2. The van der Waals surface area contributed by atoms with Gasteiger partial charge in [-0.3, -0.25) is 4.79 Å². The van der Waals surface area contributed by atoms with Crippen LogP contribution in [0.4, 0.5) is 18.9 Å². The van der Waals surface area contributed by atoms with E-state index in [0.717, 1.165) is 23.4 Å². The monoisotopic (exact) mass is 456 g/mol. The van der Waals surface area contributed by atoms with Gasteiger partial charge in [0.05, 0.1) is 28.2 Å². The second kappa shape index (κ2) is 8.47. The van der Waals surface area contributed by atoms with Crippen LogP contribution < -0.4 is 5.32 Å². The molecule has 4 aromatic rings. The highest BCUT2D eigenvalue weighted by molar-refractivity contribution is 6.33. The number of rotatable bonds is 4. The number of nitrogens with zero attached hydrogens (tertiary/aromatic N) is 2. The van der Waals surface area contributed by atoms with E-state index in [9.17, 15) is 18.0 Å². The molecule has 0 aliphatic rings. The van der Waals surface area contributed by atoms with Crippen molar-refractivity contribution in [2.45, 2.75) is 13.1 Å². The second-order valence-corrected chi connectivity index (χ2v) is 7.39. The third kappa shape index (κ3) is 4.50. The number of halogens is 4. The van der Waals surface area contributed by atoms with Gasteiger partial charge in [-0.1, -0.05) is 41.9 Å². The first kappa shape index (κ1) is 21.6. The average molecular weight is 457 g/mol. The van der Waals surface area contributed by atoms with Gasteiger partial charge < -0.3 is 10.3 Å². The van der Waals surface area contributed by atoms with Crippen molar-refractivity contribution in [2.24, 2.45) is 0 Å². The van der Waals surface area contributed by atoms with Gasteiger partial charge in [0.2, 0.25) is 0 Å². The summed E-state index contributed by atoms with van der Waals surface area (Å²) in [6.07, 6.45) is -2.89. The number of alkyl halides is 3. The van der Waals surface area contributed by atoms with Gasteiger partial charge in [-0.2, -0.15) is 13.2 Å². The van der Waals surface area contributed by atoms with Gasteiger partial charge in [0.25, 0.3) is 5.91 Å². The molecule has 32 heavy (non-hydrogen) atoms. The summed E-state index contributed by atoms with van der Waals surface area (Å²) in [4.78, 5) is 23.7. The summed E-state index contributed by atoms with van der Waals surface area (Å²) in [6, 6.07) is 16.4. The molecular weight excluding hydrogens is 441 g/mol. The van der Waals surface area contributed by atoms with E-state index in [1.165, 1.54) is 6.92 Å². The number of benzene rings is 2. The summed E-state index contributed by atoms with van der Waals surface area (Å²) < 4.78 is 38.4. The van der Waals surface area contributed by atoms with Crippen molar-refractivity contribution in [1.29, 1.82) is 0 Å². The topological polar surface area (TPSA) is 70.7 Å². The van der Waals surface area contributed by atoms with E-state index in [2.05, 4.69) is 20.3 Å². The lowest BCUT2D eigenvalue weighted by molar-refractivity contribution is -0.141. The van der Waals surface area contributed by atoms with Crippen molar-refractivity contribution < 1.29 is 18.0 Å². The molecule has 5 nitrogen and oxygen atoms in total. The van der Waals surface area contributed by atoms with Crippen molar-refractivity contribution >= 4 is 23.2 Å². The molecule has 9 heteroatoms. The van der Waals surface area contributed by atoms with E-state index in [1.54, 1.807) is 24.4 Å². The third-order valence-corrected chi connectivity index (χ3v) is 5.09. The quantitative estimate of drug-likeness (QED) is 0.374. The first-order valence-electron chi connectivity index (χ1n) is 9.49. The lowest BCUT2D eigenvalue weighted by Gasteiger charge is -2.11. The molecule has 2 heterocycles. The maximum Gasteiger partial charge on any atom is 0.433 e. The van der Waals surface area contributed by atoms with Crippen LogP contribution in [0, 0.1) is 6.92 Å². The van der Waals surface area contributed by atoms with E-state index >= 15 is 0 Å². The number of nitrogens with one attached hydrogen (secondary N) is 2. The summed E-state index contributed by atoms with van der Waals surface area (Å²) in [6.45, 7) is 1.35. The Balaban J connectivity index is 1.59. The lowest BCUT2D eigenvalue weighted by atomic mass is 10.1. The molecular formula is C23H16ClF3N4O. The summed E-state index contributed by atoms with van der Waals surface area (Å²) in [5.74, 6) is -0.0706. The molecule has 0 bridgehead atoms. The van der Waals surface area contributed by atoms with Gasteiger partial charge >= 0.3 is 6.18 Å². The maximum atomic E-state index is 12.8. The number of H-pyrrole nitrogens is 1. The number of aromatic amines is 1. The van der Waals surface area contributed by atoms with Crippen LogP contribution in [0.5, 0.6) is 0 Å². The van der Waals surface area contributed by atoms with Crippen molar-refractivity contribution in [1.82, 2.24) is 15.0 Å². The highest BCUT2D eigenvalue weighted by Crippen LogP contribution is 2.31. The van der Waals surface area contributed by atoms with Gasteiger partial charge in [-0.15, -0.1) is 0 Å². The van der Waals surface area contributed by atoms with E-state index in [0.29, 0.717) is 22.1 Å². The maximum absolute atomic E-state index is 12.8. The summed E-state index contributed by atoms with van der Waals surface area (Å²) in [7, 11) is 0. The number of imidazole rings is 1. The van der Waals surface area contributed by atoms with Crippen LogP contribution in [0.3, 0.4) is 0 Å². The molecule has 162 valence electrons. The zero-order valence-electron chi connectivity index (χ0n) is 16.7. The van der Waals surface area contributed by atoms with Crippen molar-refractivity contribution in [3.8, 4) is 22.6 Å². The Bertz CT molecular complexity index is 1290. The molecule has 4 rings (SSSR count). The van der Waals surface area contributed by atoms with Crippen LogP contribution >= 0.6 is 11.6 Å². The molecule has 0 radical (unpaired) electrons. The van der Waals surface area contributed by atoms with E-state index in [1.807, 2.05) is 30.3 Å². The first-order chi connectivity index (χ1) is 15.2. The summed E-state index contributed by atoms with van der Waals surface area (Å²) >= 11 is 6.34. The smallest absolute Gasteiger partial charge is 0.338 e. The fraction of sp³-hybridized carbons (Fsp3) is 0.0870. The molecule has 0 atom stereocenters. The molecule has 2 aromatic heterocycles. The van der Waals surface area contributed by atoms with Gasteiger partial charge in [0.15, 0.2) is 0 Å². The Labute approximate surface area is 186 Å². The van der Waals surface area contributed by atoms with Gasteiger partial charge in [0.1, 0.15) is 11.5 Å². The minimum Gasteiger partial charge on any atom is -0.338 e. The Kier molecular flexibility index (Phi) is 5.71. The highest BCUT2D eigenvalue weighted by Gasteiger charge is 2.33. The fourth-order valence-corrected chi connectivity index (χ4v) is 3.37. The molecule has 1 amide bonds. The van der Waals surface area contributed by atoms with Crippen LogP contribution in [0.15, 0.2) is 66.9 Å². The Morgan fingerprint density at radius 2 is 1.81 bits per heavy atom. The van der Waals surface area contributed by atoms with E-state index in [4.69, 9.17) is 11.6 Å². The number of hydrogen-bond acceptors (Lipinski definition) is 3. The van der Waals surface area contributed by atoms with E-state index < -0.39 is 17.8 Å². The van der Waals surface area contributed by atoms with Crippen LogP contribution in [-0.4, -0.2) is 20.9 Å². The number of aromatic nitrogens is 3. The fourth-order valence-electron chi connectivity index (χ4n) is 3.16. The second-order valence-electron chi connectivity index (χ2n) is 6.99. The van der Waals surface area contributed by atoms with Crippen molar-refractivity contribution in [3.05, 3.63) is 88.8 Å². The lowest BCUT2D eigenvalue weighted by Crippen LogP contribution is -2.16. The molecule has 0 aliphatic carbocycles. The molecule has 0 saturated carbocycles. The van der Waals surface area contributed by atoms with Crippen LogP contribution in [0.2, 0.25) is 5.02 Å². The minimum absolute atomic E-state index is 0.0231. The van der Waals surface area contributed by atoms with Crippen LogP contribution in [0.25, 0.3) is 22.6 Å². The first-order valence-corrected chi connectivity index (χ1v) is 9.87. The highest BCUT2D eigenvalue weighted by atomic mass is 35.5. The SMILES string of the molecule is Cc1nc(C(F)(F)F)ccc1C(=O)Nc1ccc(Cl)c(-c2ncc(-c3ccccc3)[nH]2)c1. The van der Waals surface area contributed by atoms with Crippen LogP contribution in [0.1, 0.15) is 21.7 Å². The zero-order chi connectivity index (χ0) is 22.9. The molecule has 0 spiro atoms. The number of amides is 1. The summed E-state index contributed by atoms with van der Waals surface area (Å²) in [5, 5.41) is 3.09. The largest absolute Gasteiger partial charge is 0.433 e. The number of aryl methyl sites for hydroxylation is 1. The molecule has 2 aromatic carbocycles. The number of pyridine rings is 1. The predicted octanol–water partition coefficient (Wildman–Crippen LogP) is 6.37. The Hall–Kier alpha value is -3.65. The van der Waals surface area contributed by atoms with E-state index in [-0.39, 0.29) is 11.3 Å². The number of carbonyl (C=O) groups is 1. The zero-order valence-corrected chi connectivity index (χ0v) is 17.4. The normalized spacial score (nSPS) is 11.4. The van der Waals surface area contributed by atoms with Crippen molar-refractivity contribution in [2.75, 3.05) is 5.32 Å². The van der Waals surface area contributed by atoms with Crippen molar-refractivity contribution in [3.63, 3.8) is 0 Å². The number of carbonyl (C=O) groups excluding carboxylic acids is 1. The molecule has 0 saturated heterocycles. The van der Waals surface area contributed by atoms with Gasteiger partial charge in [0, 0.05) is 11.3 Å². The molecule has 2 N–H and O–H groups in total. The number of anilines is 1. The van der Waals surface area contributed by atoms with Gasteiger partial charge in [-0.05, 0) is 42.8 Å². The molecule has 0 unspecified atom stereocenters. The minimum atomic E-state index is -4.58. The Morgan fingerprint density at radius 1 is 1.06 bits per heavy atom. The molecule has 0 fully saturated rings. The standard InChI is InChI=1S/C23H16ClF3N4O/c1-13-16(8-10-20(29-13)23(25,26)27)22(32)30-15-7-9-18(24)17(11-15)21-28-12-19(31-21)14-5-3-2-4-6-14/h2-12H,1H3,(H,28,31)(H,30,32). The predicted molar refractivity (Wildman–Crippen MR) is 116 cm³/mol. The summed E-state index contributed by atoms with van der Waals surface area (Å²) in [5.41, 5.74) is 1.70. The third-order valence-electron chi connectivity index (χ3n) is 4.76. The average Bonchev–Trinajstić information content (AvgIpc) is 3.25. The molecule has 0 aliphatic heterocycles.